The van der Waals surface area contributed by atoms with E-state index in [-0.39, 0.29) is 0 Å². The lowest BCUT2D eigenvalue weighted by Crippen LogP contribution is -2.19. The third-order valence-electron chi connectivity index (χ3n) is 3.63. The molecule has 1 aliphatic heterocycles. The monoisotopic (exact) mass is 284 g/mol. The summed E-state index contributed by atoms with van der Waals surface area (Å²) in [4.78, 5) is 15.8. The number of nitrogens with one attached hydrogen (secondary N) is 1. The first-order valence-corrected chi connectivity index (χ1v) is 7.27. The molecule has 0 saturated carbocycles. The second kappa shape index (κ2) is 5.95. The van der Waals surface area contributed by atoms with Gasteiger partial charge in [0.1, 0.15) is 6.33 Å². The molecule has 0 atom stereocenters. The zero-order chi connectivity index (χ0) is 14.7. The predicted octanol–water partition coefficient (Wildman–Crippen LogP) is 2.21. The number of aromatic nitrogens is 4. The van der Waals surface area contributed by atoms with Crippen molar-refractivity contribution in [3.05, 3.63) is 31.6 Å². The maximum absolute atomic E-state index is 4.70. The molecular weight excluding hydrogens is 264 g/mol. The molecule has 2 aromatic rings. The van der Waals surface area contributed by atoms with Gasteiger partial charge in [0.2, 0.25) is 5.95 Å². The Morgan fingerprint density at radius 2 is 2.00 bits per heavy atom. The molecule has 0 aliphatic carbocycles. The first-order valence-electron chi connectivity index (χ1n) is 7.27. The standard InChI is InChI=1S/C15H20N6/c1-3-7-16-15-19-12-13(20-9-5-6-10-20)17-11-18-14(12)21(15)8-4-2/h3-4,11H,1-2,5-10H2,(H,16,19). The molecule has 110 valence electrons. The molecule has 0 unspecified atom stereocenters. The van der Waals surface area contributed by atoms with Gasteiger partial charge in [-0.3, -0.25) is 4.57 Å². The summed E-state index contributed by atoms with van der Waals surface area (Å²) in [5, 5.41) is 3.25. The van der Waals surface area contributed by atoms with Gasteiger partial charge in [-0.2, -0.15) is 0 Å². The fourth-order valence-electron chi connectivity index (χ4n) is 2.69. The van der Waals surface area contributed by atoms with Gasteiger partial charge >= 0.3 is 0 Å². The zero-order valence-electron chi connectivity index (χ0n) is 12.1. The molecule has 0 spiro atoms. The van der Waals surface area contributed by atoms with Gasteiger partial charge in [0.15, 0.2) is 17.0 Å². The van der Waals surface area contributed by atoms with Gasteiger partial charge in [0.05, 0.1) is 0 Å². The summed E-state index contributed by atoms with van der Waals surface area (Å²) in [5.41, 5.74) is 1.70. The van der Waals surface area contributed by atoms with Crippen molar-refractivity contribution >= 4 is 22.9 Å². The van der Waals surface area contributed by atoms with Crippen LogP contribution < -0.4 is 10.2 Å². The van der Waals surface area contributed by atoms with E-state index in [1.807, 2.05) is 16.7 Å². The molecule has 2 aromatic heterocycles. The molecule has 0 bridgehead atoms. The van der Waals surface area contributed by atoms with Crippen LogP contribution in [0.15, 0.2) is 31.6 Å². The third-order valence-corrected chi connectivity index (χ3v) is 3.63. The first-order chi connectivity index (χ1) is 10.3. The van der Waals surface area contributed by atoms with E-state index >= 15 is 0 Å². The van der Waals surface area contributed by atoms with Gasteiger partial charge in [0, 0.05) is 26.2 Å². The molecule has 1 aliphatic rings. The summed E-state index contributed by atoms with van der Waals surface area (Å²) < 4.78 is 2.02. The van der Waals surface area contributed by atoms with Crippen LogP contribution >= 0.6 is 0 Å². The van der Waals surface area contributed by atoms with Crippen molar-refractivity contribution < 1.29 is 0 Å². The molecule has 6 heteroatoms. The lowest BCUT2D eigenvalue weighted by molar-refractivity contribution is 0.841. The average molecular weight is 284 g/mol. The summed E-state index contributed by atoms with van der Waals surface area (Å²) in [6.07, 6.45) is 7.69. The van der Waals surface area contributed by atoms with E-state index in [9.17, 15) is 0 Å². The first kappa shape index (κ1) is 13.6. The van der Waals surface area contributed by atoms with Crippen LogP contribution in [0.3, 0.4) is 0 Å². The van der Waals surface area contributed by atoms with Gasteiger partial charge in [-0.05, 0) is 12.8 Å². The Balaban J connectivity index is 2.09. The summed E-state index contributed by atoms with van der Waals surface area (Å²) >= 11 is 0. The Hall–Kier alpha value is -2.37. The SMILES string of the molecule is C=CCNc1nc2c(N3CCCC3)ncnc2n1CC=C. The summed E-state index contributed by atoms with van der Waals surface area (Å²) in [7, 11) is 0. The van der Waals surface area contributed by atoms with Gasteiger partial charge in [-0.1, -0.05) is 12.2 Å². The minimum Gasteiger partial charge on any atom is -0.355 e. The fourth-order valence-corrected chi connectivity index (χ4v) is 2.69. The van der Waals surface area contributed by atoms with Crippen molar-refractivity contribution in [1.82, 2.24) is 19.5 Å². The lowest BCUT2D eigenvalue weighted by Gasteiger charge is -2.15. The number of rotatable bonds is 6. The van der Waals surface area contributed by atoms with Crippen LogP contribution in [-0.2, 0) is 6.54 Å². The minimum atomic E-state index is 0.659. The molecule has 6 nitrogen and oxygen atoms in total. The predicted molar refractivity (Wildman–Crippen MR) is 85.7 cm³/mol. The number of hydrogen-bond acceptors (Lipinski definition) is 5. The van der Waals surface area contributed by atoms with E-state index in [0.717, 1.165) is 36.0 Å². The quantitative estimate of drug-likeness (QED) is 0.824. The highest BCUT2D eigenvalue weighted by Gasteiger charge is 2.21. The van der Waals surface area contributed by atoms with E-state index in [0.29, 0.717) is 13.1 Å². The molecule has 0 radical (unpaired) electrons. The Bertz CT molecular complexity index is 653. The van der Waals surface area contributed by atoms with Crippen LogP contribution in [0, 0.1) is 0 Å². The molecule has 0 aromatic carbocycles. The minimum absolute atomic E-state index is 0.659. The van der Waals surface area contributed by atoms with Crippen molar-refractivity contribution in [2.75, 3.05) is 29.9 Å². The smallest absolute Gasteiger partial charge is 0.205 e. The van der Waals surface area contributed by atoms with E-state index in [2.05, 4.69) is 33.3 Å². The topological polar surface area (TPSA) is 58.9 Å². The van der Waals surface area contributed by atoms with Crippen LogP contribution in [0.5, 0.6) is 0 Å². The highest BCUT2D eigenvalue weighted by Crippen LogP contribution is 2.27. The number of fused-ring (bicyclic) bond motifs is 1. The van der Waals surface area contributed by atoms with Gasteiger partial charge < -0.3 is 10.2 Å². The summed E-state index contributed by atoms with van der Waals surface area (Å²) in [6.45, 7) is 10.9. The van der Waals surface area contributed by atoms with Gasteiger partial charge in [0.25, 0.3) is 0 Å². The Labute approximate surface area is 124 Å². The number of allylic oxidation sites excluding steroid dienone is 1. The number of hydrogen-bond donors (Lipinski definition) is 1. The molecular formula is C15H20N6. The van der Waals surface area contributed by atoms with Crippen LogP contribution in [0.2, 0.25) is 0 Å². The Kier molecular flexibility index (Phi) is 3.85. The molecule has 3 heterocycles. The summed E-state index contributed by atoms with van der Waals surface area (Å²) in [6, 6.07) is 0. The number of imidazole rings is 1. The third kappa shape index (κ3) is 2.49. The highest BCUT2D eigenvalue weighted by atomic mass is 15.3. The highest BCUT2D eigenvalue weighted by molar-refractivity contribution is 5.86. The Morgan fingerprint density at radius 1 is 1.19 bits per heavy atom. The van der Waals surface area contributed by atoms with Gasteiger partial charge in [-0.25, -0.2) is 15.0 Å². The summed E-state index contributed by atoms with van der Waals surface area (Å²) in [5.74, 6) is 1.72. The van der Waals surface area contributed by atoms with E-state index in [1.54, 1.807) is 6.33 Å². The molecule has 0 amide bonds. The normalized spacial score (nSPS) is 14.6. The van der Waals surface area contributed by atoms with Crippen LogP contribution in [0.4, 0.5) is 11.8 Å². The molecule has 3 rings (SSSR count). The maximum atomic E-state index is 4.70. The fraction of sp³-hybridized carbons (Fsp3) is 0.400. The molecule has 21 heavy (non-hydrogen) atoms. The average Bonchev–Trinajstić information content (AvgIpc) is 3.14. The molecule has 1 saturated heterocycles. The second-order valence-electron chi connectivity index (χ2n) is 5.07. The van der Waals surface area contributed by atoms with E-state index < -0.39 is 0 Å². The lowest BCUT2D eigenvalue weighted by atomic mass is 10.4. The largest absolute Gasteiger partial charge is 0.355 e. The van der Waals surface area contributed by atoms with Crippen LogP contribution in [0.1, 0.15) is 12.8 Å². The van der Waals surface area contributed by atoms with Gasteiger partial charge in [-0.15, -0.1) is 13.2 Å². The van der Waals surface area contributed by atoms with E-state index in [1.165, 1.54) is 12.8 Å². The van der Waals surface area contributed by atoms with Crippen molar-refractivity contribution in [1.29, 1.82) is 0 Å². The van der Waals surface area contributed by atoms with Crippen molar-refractivity contribution in [2.24, 2.45) is 0 Å². The zero-order valence-corrected chi connectivity index (χ0v) is 12.1. The van der Waals surface area contributed by atoms with Crippen molar-refractivity contribution in [3.8, 4) is 0 Å². The maximum Gasteiger partial charge on any atom is 0.205 e. The van der Waals surface area contributed by atoms with Crippen molar-refractivity contribution in [2.45, 2.75) is 19.4 Å². The van der Waals surface area contributed by atoms with Crippen LogP contribution in [0.25, 0.3) is 11.2 Å². The second-order valence-corrected chi connectivity index (χ2v) is 5.07. The molecule has 1 fully saturated rings. The number of nitrogens with zero attached hydrogens (tertiary/aromatic N) is 5. The van der Waals surface area contributed by atoms with Crippen LogP contribution in [-0.4, -0.2) is 39.2 Å². The molecule has 1 N–H and O–H groups in total. The van der Waals surface area contributed by atoms with E-state index in [4.69, 9.17) is 4.98 Å². The Morgan fingerprint density at radius 3 is 2.71 bits per heavy atom. The van der Waals surface area contributed by atoms with Crippen molar-refractivity contribution in [3.63, 3.8) is 0 Å². The number of anilines is 2.